The van der Waals surface area contributed by atoms with Crippen LogP contribution in [0.25, 0.3) is 0 Å². The molecule has 14 heavy (non-hydrogen) atoms. The van der Waals surface area contributed by atoms with Gasteiger partial charge >= 0.3 is 7.67 Å². The topological polar surface area (TPSA) is 41.6 Å². The number of halogens is 2. The molecule has 1 unspecified atom stereocenters. The zero-order chi connectivity index (χ0) is 16.7. The predicted octanol–water partition coefficient (Wildman–Crippen LogP) is 1.88. The van der Waals surface area contributed by atoms with Gasteiger partial charge in [0.05, 0.1) is 6.61 Å². The van der Waals surface area contributed by atoms with Crippen LogP contribution < -0.4 is 5.08 Å². The maximum Gasteiger partial charge on any atom is 0.343 e. The molecule has 4 nitrogen and oxygen atoms in total. The molecule has 0 aromatic carbocycles. The molecule has 1 aliphatic heterocycles. The lowest BCUT2D eigenvalue weighted by Gasteiger charge is -2.33. The van der Waals surface area contributed by atoms with Crippen LogP contribution in [0.3, 0.4) is 0 Å². The largest absolute Gasteiger partial charge is 0.343 e. The summed E-state index contributed by atoms with van der Waals surface area (Å²) in [6, 6.07) is 0. The molecule has 7 heteroatoms. The van der Waals surface area contributed by atoms with Crippen LogP contribution in [0.4, 0.5) is 0 Å². The predicted molar refractivity (Wildman–Crippen MR) is 59.2 cm³/mol. The Bertz CT molecular complexity index is 436. The molecule has 0 radical (unpaired) electrons. The van der Waals surface area contributed by atoms with Crippen LogP contribution in [0.2, 0.25) is 1.41 Å². The summed E-state index contributed by atoms with van der Waals surface area (Å²) < 4.78 is 71.3. The normalized spacial score (nSPS) is 42.6. The maximum absolute atomic E-state index is 12.8. The van der Waals surface area contributed by atoms with Gasteiger partial charge in [-0.1, -0.05) is 0 Å². The molecular formula is C7H15Cl2N2O2P. The van der Waals surface area contributed by atoms with Gasteiger partial charge in [0.25, 0.3) is 0 Å². The Morgan fingerprint density at radius 3 is 3.21 bits per heavy atom. The third-order valence-electron chi connectivity index (χ3n) is 1.44. The van der Waals surface area contributed by atoms with Crippen molar-refractivity contribution in [2.45, 2.75) is 6.42 Å². The molecule has 1 N–H and O–H groups in total. The molecule has 1 rings (SSSR count). The van der Waals surface area contributed by atoms with Crippen molar-refractivity contribution in [2.75, 3.05) is 37.9 Å². The molecule has 1 saturated heterocycles. The van der Waals surface area contributed by atoms with E-state index in [2.05, 4.69) is 0 Å². The van der Waals surface area contributed by atoms with E-state index < -0.39 is 33.0 Å². The van der Waals surface area contributed by atoms with Gasteiger partial charge in [0.15, 0.2) is 0 Å². The van der Waals surface area contributed by atoms with E-state index in [1.165, 1.54) is 0 Å². The molecule has 1 fully saturated rings. The minimum Gasteiger partial charge on any atom is -0.306 e. The van der Waals surface area contributed by atoms with Crippen molar-refractivity contribution in [1.29, 1.82) is 0 Å². The van der Waals surface area contributed by atoms with E-state index >= 15 is 0 Å². The molecule has 0 spiro atoms. The molecule has 1 aliphatic rings. The highest BCUT2D eigenvalue weighted by Gasteiger charge is 2.32. The minimum absolute atomic E-state index is 0.0382. The Balaban J connectivity index is 3.30. The monoisotopic (exact) mass is 267 g/mol. The molecule has 84 valence electrons. The van der Waals surface area contributed by atoms with Crippen LogP contribution in [-0.2, 0) is 9.09 Å². The number of alkyl halides is 2. The zero-order valence-electron chi connectivity index (χ0n) is 14.2. The van der Waals surface area contributed by atoms with E-state index in [-0.39, 0.29) is 24.0 Å². The fourth-order valence-electron chi connectivity index (χ4n) is 0.876. The van der Waals surface area contributed by atoms with Crippen molar-refractivity contribution in [1.82, 2.24) is 9.75 Å². The SMILES string of the molecule is [2H]N1C([2H])([2H])CCOP1(=O)N(CCCl)C([2H])([2H])C([2H])([2H])Cl. The highest BCUT2D eigenvalue weighted by atomic mass is 35.5. The van der Waals surface area contributed by atoms with Crippen LogP contribution in [0, 0.1) is 0 Å². The quantitative estimate of drug-likeness (QED) is 0.610. The number of nitrogens with zero attached hydrogens (tertiary/aromatic N) is 1. The Morgan fingerprint density at radius 2 is 2.57 bits per heavy atom. The van der Waals surface area contributed by atoms with Gasteiger partial charge < -0.3 is 4.52 Å². The van der Waals surface area contributed by atoms with E-state index in [1.807, 2.05) is 0 Å². The van der Waals surface area contributed by atoms with Gasteiger partial charge in [-0.25, -0.2) is 9.75 Å². The Labute approximate surface area is 104 Å². The number of rotatable bonds is 5. The lowest BCUT2D eigenvalue weighted by Crippen LogP contribution is -2.35. The molecule has 0 aromatic rings. The standard InChI is InChI=1S/C7H15Cl2N2O2P/c8-2-5-11(6-3-9)14(12)10-4-1-7-13-14/h1-7H2,(H,10,12)/i2D2,4D2,5D2/hD. The van der Waals surface area contributed by atoms with Crippen molar-refractivity contribution in [2.24, 2.45) is 0 Å². The van der Waals surface area contributed by atoms with Crippen molar-refractivity contribution >= 4 is 30.9 Å². The second-order valence-corrected chi connectivity index (χ2v) is 4.84. The first-order valence-corrected chi connectivity index (χ1v) is 6.32. The van der Waals surface area contributed by atoms with Gasteiger partial charge in [0.2, 0.25) is 0 Å². The van der Waals surface area contributed by atoms with E-state index in [0.29, 0.717) is 4.67 Å². The number of hydrogen-bond acceptors (Lipinski definition) is 2. The fourth-order valence-corrected chi connectivity index (χ4v) is 2.77. The van der Waals surface area contributed by atoms with Crippen molar-refractivity contribution in [3.8, 4) is 0 Å². The summed E-state index contributed by atoms with van der Waals surface area (Å²) in [5.41, 5.74) is 0. The van der Waals surface area contributed by atoms with Crippen molar-refractivity contribution in [3.05, 3.63) is 0 Å². The highest BCUT2D eigenvalue weighted by Crippen LogP contribution is 2.47. The highest BCUT2D eigenvalue weighted by molar-refractivity contribution is 7.54. The van der Waals surface area contributed by atoms with Gasteiger partial charge in [0.1, 0.15) is 1.41 Å². The molecule has 0 aliphatic carbocycles. The summed E-state index contributed by atoms with van der Waals surface area (Å²) in [5.74, 6) is -3.19. The summed E-state index contributed by atoms with van der Waals surface area (Å²) in [6.45, 7) is -6.05. The fraction of sp³-hybridized carbons (Fsp3) is 1.00. The average Bonchev–Trinajstić information content (AvgIpc) is 2.31. The van der Waals surface area contributed by atoms with Crippen molar-refractivity contribution < 1.29 is 18.7 Å². The van der Waals surface area contributed by atoms with E-state index in [9.17, 15) is 4.57 Å². The minimum atomic E-state index is -4.50. The Morgan fingerprint density at radius 1 is 1.79 bits per heavy atom. The third kappa shape index (κ3) is 3.37. The van der Waals surface area contributed by atoms with Crippen LogP contribution in [0.5, 0.6) is 0 Å². The van der Waals surface area contributed by atoms with E-state index in [1.54, 1.807) is 0 Å². The smallest absolute Gasteiger partial charge is 0.306 e. The summed E-state index contributed by atoms with van der Waals surface area (Å²) in [4.78, 5) is 0. The third-order valence-corrected chi connectivity index (χ3v) is 3.52. The van der Waals surface area contributed by atoms with Gasteiger partial charge in [-0.2, -0.15) is 0 Å². The second-order valence-electron chi connectivity index (χ2n) is 2.35. The molecule has 1 heterocycles. The van der Waals surface area contributed by atoms with Gasteiger partial charge in [-0.3, -0.25) is 4.57 Å². The lowest BCUT2D eigenvalue weighted by atomic mass is 10.5. The number of hydrogen-bond donors (Lipinski definition) is 1. The second kappa shape index (κ2) is 6.31. The number of nitrogens with one attached hydrogen (secondary N) is 1. The molecule has 0 saturated carbocycles. The first-order chi connectivity index (χ1) is 9.30. The van der Waals surface area contributed by atoms with Crippen LogP contribution in [-0.4, -0.2) is 42.5 Å². The van der Waals surface area contributed by atoms with Crippen molar-refractivity contribution in [3.63, 3.8) is 0 Å². The Hall–Kier alpha value is 0.690. The van der Waals surface area contributed by atoms with Crippen LogP contribution in [0.1, 0.15) is 14.6 Å². The van der Waals surface area contributed by atoms with E-state index in [4.69, 9.17) is 37.4 Å². The molecule has 0 bridgehead atoms. The zero-order valence-corrected chi connectivity index (χ0v) is 9.65. The summed E-state index contributed by atoms with van der Waals surface area (Å²) in [6.07, 6.45) is -0.230. The maximum atomic E-state index is 12.8. The molecular weight excluding hydrogens is 246 g/mol. The summed E-state index contributed by atoms with van der Waals surface area (Å²) in [7, 11) is -4.50. The molecule has 0 aromatic heterocycles. The lowest BCUT2D eigenvalue weighted by molar-refractivity contribution is 0.233. The average molecular weight is 268 g/mol. The van der Waals surface area contributed by atoms with Crippen LogP contribution >= 0.6 is 30.9 Å². The van der Waals surface area contributed by atoms with Gasteiger partial charge in [-0.05, 0) is 6.42 Å². The summed E-state index contributed by atoms with van der Waals surface area (Å²) >= 11 is 10.9. The molecule has 0 amide bonds. The van der Waals surface area contributed by atoms with Gasteiger partial charge in [0, 0.05) is 39.5 Å². The van der Waals surface area contributed by atoms with Gasteiger partial charge in [-0.15, -0.1) is 23.2 Å². The van der Waals surface area contributed by atoms with E-state index in [0.717, 1.165) is 0 Å². The summed E-state index contributed by atoms with van der Waals surface area (Å²) in [5, 5.41) is 0.0382. The first kappa shape index (κ1) is 5.85. The Kier molecular flexibility index (Phi) is 2.64. The first-order valence-electron chi connectivity index (χ1n) is 7.32. The molecule has 1 atom stereocenters. The van der Waals surface area contributed by atoms with Crippen LogP contribution in [0.15, 0.2) is 0 Å².